The van der Waals surface area contributed by atoms with E-state index in [2.05, 4.69) is 36.5 Å². The lowest BCUT2D eigenvalue weighted by atomic mass is 9.53. The standard InChI is InChI=1S/C38H45FN4O2/c1-2-3-4-15-43(24-25-5-11-32(12-6-25)45-33-13-9-31(39)10-14-33)34-20-30(36(40)41)8-7-29(34)19-35(43)37(44)42-38-21-26-16-27(22-38)18-28(17-26)23-38/h5-14,20,26-28,35H,2-4,15-19,21-24H2,1H3,(H3-,40,41,42,44)/p+1. The number of hydrogen-bond donors (Lipinski definition) is 3. The largest absolute Gasteiger partial charge is 0.457 e. The van der Waals surface area contributed by atoms with Crippen molar-refractivity contribution in [1.82, 2.24) is 9.80 Å². The maximum atomic E-state index is 14.7. The average Bonchev–Trinajstić information content (AvgIpc) is 3.32. The monoisotopic (exact) mass is 609 g/mol. The Bertz CT molecular complexity index is 1530. The van der Waals surface area contributed by atoms with Crippen LogP contribution in [0.15, 0.2) is 66.7 Å². The van der Waals surface area contributed by atoms with Crippen molar-refractivity contribution >= 4 is 17.4 Å². The number of rotatable bonds is 11. The fourth-order valence-corrected chi connectivity index (χ4v) is 9.62. The molecule has 4 saturated carbocycles. The summed E-state index contributed by atoms with van der Waals surface area (Å²) >= 11 is 0. The predicted octanol–water partition coefficient (Wildman–Crippen LogP) is 7.61. The molecule has 4 bridgehead atoms. The first-order valence-electron chi connectivity index (χ1n) is 16.9. The third-order valence-corrected chi connectivity index (χ3v) is 11.2. The van der Waals surface area contributed by atoms with Gasteiger partial charge in [0, 0.05) is 34.7 Å². The zero-order chi connectivity index (χ0) is 31.2. The lowest BCUT2D eigenvalue weighted by molar-refractivity contribution is -0.131. The molecule has 5 aliphatic rings. The molecular formula is C38H46FN4O2+. The van der Waals surface area contributed by atoms with Crippen LogP contribution in [0.5, 0.6) is 11.5 Å². The van der Waals surface area contributed by atoms with Crippen LogP contribution in [-0.2, 0) is 17.8 Å². The van der Waals surface area contributed by atoms with E-state index in [1.807, 2.05) is 18.2 Å². The molecule has 6 nitrogen and oxygen atoms in total. The molecule has 8 rings (SSSR count). The maximum absolute atomic E-state index is 14.7. The van der Waals surface area contributed by atoms with Crippen molar-refractivity contribution in [3.05, 3.63) is 89.2 Å². The van der Waals surface area contributed by atoms with Crippen LogP contribution < -0.4 is 20.3 Å². The van der Waals surface area contributed by atoms with Crippen molar-refractivity contribution in [3.63, 3.8) is 0 Å². The molecule has 1 amide bonds. The van der Waals surface area contributed by atoms with Gasteiger partial charge in [0.15, 0.2) is 6.04 Å². The Hall–Kier alpha value is -3.71. The second-order valence-corrected chi connectivity index (χ2v) is 14.5. The van der Waals surface area contributed by atoms with E-state index in [-0.39, 0.29) is 29.1 Å². The van der Waals surface area contributed by atoms with Gasteiger partial charge in [-0.1, -0.05) is 25.5 Å². The Morgan fingerprint density at radius 2 is 1.58 bits per heavy atom. The molecule has 4 fully saturated rings. The molecular weight excluding hydrogens is 563 g/mol. The summed E-state index contributed by atoms with van der Waals surface area (Å²) in [6.45, 7) is 3.72. The quantitative estimate of drug-likeness (QED) is 0.0905. The SMILES string of the molecule is CCCCC[N+]1(Cc2ccc(Oc3ccc(F)cc3)cc2)c2cc(C(=N)N)ccc2CC1C(=O)NC12CC3CC(CC(C3)C1)C2. The van der Waals surface area contributed by atoms with Crippen molar-refractivity contribution in [2.75, 3.05) is 6.54 Å². The van der Waals surface area contributed by atoms with E-state index >= 15 is 0 Å². The lowest BCUT2D eigenvalue weighted by Gasteiger charge is -2.57. The minimum absolute atomic E-state index is 0.0493. The van der Waals surface area contributed by atoms with Crippen LogP contribution in [0.1, 0.15) is 81.4 Å². The molecule has 4 aliphatic carbocycles. The van der Waals surface area contributed by atoms with E-state index in [0.29, 0.717) is 34.5 Å². The summed E-state index contributed by atoms with van der Waals surface area (Å²) < 4.78 is 19.9. The topological polar surface area (TPSA) is 88.2 Å². The Balaban J connectivity index is 1.22. The van der Waals surface area contributed by atoms with Gasteiger partial charge in [0.1, 0.15) is 35.4 Å². The van der Waals surface area contributed by atoms with Crippen molar-refractivity contribution in [2.24, 2.45) is 23.5 Å². The first-order valence-corrected chi connectivity index (χ1v) is 16.9. The number of benzene rings is 3. The number of quaternary nitrogens is 1. The number of nitrogens with two attached hydrogens (primary N) is 1. The highest BCUT2D eigenvalue weighted by molar-refractivity contribution is 5.97. The van der Waals surface area contributed by atoms with Gasteiger partial charge in [0.05, 0.1) is 6.54 Å². The van der Waals surface area contributed by atoms with Crippen molar-refractivity contribution < 1.29 is 13.9 Å². The van der Waals surface area contributed by atoms with Crippen LogP contribution in [0.25, 0.3) is 0 Å². The summed E-state index contributed by atoms with van der Waals surface area (Å²) in [5.74, 6) is 3.48. The summed E-state index contributed by atoms with van der Waals surface area (Å²) in [5.41, 5.74) is 10.1. The Kier molecular flexibility index (Phi) is 7.93. The third-order valence-electron chi connectivity index (χ3n) is 11.2. The van der Waals surface area contributed by atoms with Crippen LogP contribution in [0.3, 0.4) is 0 Å². The van der Waals surface area contributed by atoms with Gasteiger partial charge in [-0.2, -0.15) is 0 Å². The highest BCUT2D eigenvalue weighted by atomic mass is 19.1. The molecule has 2 unspecified atom stereocenters. The number of nitrogens with one attached hydrogen (secondary N) is 2. The number of ether oxygens (including phenoxy) is 1. The number of fused-ring (bicyclic) bond motifs is 1. The fourth-order valence-electron chi connectivity index (χ4n) is 9.62. The van der Waals surface area contributed by atoms with Gasteiger partial charge in [-0.3, -0.25) is 14.7 Å². The van der Waals surface area contributed by atoms with Gasteiger partial charge in [0.25, 0.3) is 5.91 Å². The number of halogens is 1. The number of nitrogen functional groups attached to an aromatic ring is 1. The molecule has 1 heterocycles. The smallest absolute Gasteiger partial charge is 0.279 e. The number of carbonyl (C=O) groups excluding carboxylic acids is 1. The maximum Gasteiger partial charge on any atom is 0.279 e. The Labute approximate surface area is 266 Å². The van der Waals surface area contributed by atoms with Crippen LogP contribution in [0.2, 0.25) is 0 Å². The molecule has 0 saturated heterocycles. The van der Waals surface area contributed by atoms with Gasteiger partial charge in [-0.15, -0.1) is 0 Å². The van der Waals surface area contributed by atoms with Gasteiger partial charge < -0.3 is 15.8 Å². The zero-order valence-corrected chi connectivity index (χ0v) is 26.4. The molecule has 0 aromatic heterocycles. The minimum Gasteiger partial charge on any atom is -0.457 e. The van der Waals surface area contributed by atoms with Crippen molar-refractivity contribution in [1.29, 1.82) is 5.41 Å². The first kappa shape index (κ1) is 30.0. The van der Waals surface area contributed by atoms with Crippen LogP contribution >= 0.6 is 0 Å². The molecule has 0 radical (unpaired) electrons. The lowest BCUT2D eigenvalue weighted by Crippen LogP contribution is -2.66. The minimum atomic E-state index is -0.296. The molecule has 4 N–H and O–H groups in total. The summed E-state index contributed by atoms with van der Waals surface area (Å²) in [6.07, 6.45) is 11.3. The highest BCUT2D eigenvalue weighted by Crippen LogP contribution is 2.56. The zero-order valence-electron chi connectivity index (χ0n) is 26.4. The second-order valence-electron chi connectivity index (χ2n) is 14.5. The summed E-state index contributed by atoms with van der Waals surface area (Å²) in [5, 5.41) is 11.9. The van der Waals surface area contributed by atoms with E-state index in [0.717, 1.165) is 74.1 Å². The number of hydrogen-bond acceptors (Lipinski definition) is 3. The van der Waals surface area contributed by atoms with Crippen LogP contribution in [0, 0.1) is 29.0 Å². The number of amidine groups is 1. The summed E-state index contributed by atoms with van der Waals surface area (Å²) in [6, 6.07) is 20.0. The molecule has 236 valence electrons. The van der Waals surface area contributed by atoms with E-state index in [1.54, 1.807) is 12.1 Å². The van der Waals surface area contributed by atoms with Gasteiger partial charge in [-0.25, -0.2) is 4.39 Å². The third kappa shape index (κ3) is 5.87. The van der Waals surface area contributed by atoms with E-state index in [1.165, 1.54) is 37.0 Å². The second kappa shape index (κ2) is 11.9. The van der Waals surface area contributed by atoms with Gasteiger partial charge in [-0.05, 0) is 118 Å². The van der Waals surface area contributed by atoms with E-state index in [4.69, 9.17) is 15.9 Å². The van der Waals surface area contributed by atoms with Crippen molar-refractivity contribution in [2.45, 2.75) is 89.3 Å². The summed E-state index contributed by atoms with van der Waals surface area (Å²) in [4.78, 5) is 14.7. The Morgan fingerprint density at radius 1 is 0.956 bits per heavy atom. The normalized spacial score (nSPS) is 29.4. The summed E-state index contributed by atoms with van der Waals surface area (Å²) in [7, 11) is 0. The number of amides is 1. The van der Waals surface area contributed by atoms with E-state index < -0.39 is 0 Å². The molecule has 3 aromatic carbocycles. The Morgan fingerprint density at radius 3 is 2.18 bits per heavy atom. The molecule has 2 atom stereocenters. The molecule has 7 heteroatoms. The number of carbonyl (C=O) groups is 1. The highest BCUT2D eigenvalue weighted by Gasteiger charge is 2.55. The number of nitrogens with zero attached hydrogens (tertiary/aromatic N) is 1. The molecule has 1 aliphatic heterocycles. The van der Waals surface area contributed by atoms with Crippen LogP contribution in [0.4, 0.5) is 10.1 Å². The van der Waals surface area contributed by atoms with Crippen molar-refractivity contribution in [3.8, 4) is 11.5 Å². The first-order chi connectivity index (χ1) is 21.7. The fraction of sp³-hybridized carbons (Fsp3) is 0.474. The predicted molar refractivity (Wildman–Crippen MR) is 177 cm³/mol. The van der Waals surface area contributed by atoms with Gasteiger partial charge >= 0.3 is 0 Å². The number of unbranched alkanes of at least 4 members (excludes halogenated alkanes) is 2. The van der Waals surface area contributed by atoms with Crippen LogP contribution in [-0.4, -0.2) is 29.9 Å². The molecule has 3 aromatic rings. The molecule has 0 spiro atoms. The average molecular weight is 610 g/mol. The van der Waals surface area contributed by atoms with E-state index in [9.17, 15) is 9.18 Å². The van der Waals surface area contributed by atoms with Gasteiger partial charge in [0.2, 0.25) is 0 Å². The molecule has 45 heavy (non-hydrogen) atoms.